The summed E-state index contributed by atoms with van der Waals surface area (Å²) in [6, 6.07) is 4.28. The summed E-state index contributed by atoms with van der Waals surface area (Å²) in [7, 11) is 0. The largest absolute Gasteiger partial charge is 0.447 e. The quantitative estimate of drug-likeness (QED) is 0.730. The minimum absolute atomic E-state index is 0.220. The highest BCUT2D eigenvalue weighted by Crippen LogP contribution is 2.16. The van der Waals surface area contributed by atoms with Gasteiger partial charge in [-0.05, 0) is 18.4 Å². The Kier molecular flexibility index (Phi) is 7.33. The topological polar surface area (TPSA) is 61.6 Å². The highest BCUT2D eigenvalue weighted by Gasteiger charge is 2.21. The first-order valence-corrected chi connectivity index (χ1v) is 10.0. The molecule has 0 aliphatic carbocycles. The molecule has 0 unspecified atom stereocenters. The molecule has 2 aromatic rings. The fourth-order valence-corrected chi connectivity index (χ4v) is 3.26. The first-order chi connectivity index (χ1) is 13.9. The maximum absolute atomic E-state index is 13.8. The Balaban J connectivity index is 1.44. The maximum atomic E-state index is 13.8. The van der Waals surface area contributed by atoms with Crippen LogP contribution >= 0.6 is 0 Å². The zero-order valence-corrected chi connectivity index (χ0v) is 17.0. The molecular formula is C21H28F2N4O2. The van der Waals surface area contributed by atoms with Gasteiger partial charge in [-0.3, -0.25) is 14.6 Å². The molecule has 1 aliphatic heterocycles. The maximum Gasteiger partial charge on any atom is 0.273 e. The summed E-state index contributed by atoms with van der Waals surface area (Å²) >= 11 is 0. The number of aromatic nitrogens is 1. The zero-order chi connectivity index (χ0) is 20.8. The van der Waals surface area contributed by atoms with E-state index in [2.05, 4.69) is 33.9 Å². The van der Waals surface area contributed by atoms with Crippen LogP contribution in [-0.2, 0) is 13.1 Å². The molecule has 0 bridgehead atoms. The van der Waals surface area contributed by atoms with E-state index in [9.17, 15) is 13.6 Å². The second-order valence-corrected chi connectivity index (χ2v) is 7.83. The third kappa shape index (κ3) is 6.08. The molecule has 0 radical (unpaired) electrons. The molecule has 6 nitrogen and oxygen atoms in total. The van der Waals surface area contributed by atoms with E-state index in [0.29, 0.717) is 42.7 Å². The van der Waals surface area contributed by atoms with Gasteiger partial charge in [0.15, 0.2) is 17.3 Å². The van der Waals surface area contributed by atoms with Gasteiger partial charge in [0.25, 0.3) is 5.91 Å². The number of hydrogen-bond donors (Lipinski definition) is 1. The SMILES string of the molecule is CC(C)CCNC(=O)c1coc(CN2CCN(Cc3cccc(F)c3F)CC2)n1. The standard InChI is InChI=1S/C21H28F2N4O2/c1-15(2)6-7-24-21(28)18-14-29-19(25-18)13-27-10-8-26(9-11-27)12-16-4-3-5-17(22)20(16)23/h3-5,14-15H,6-13H2,1-2H3,(H,24,28). The summed E-state index contributed by atoms with van der Waals surface area (Å²) in [6.45, 7) is 8.72. The van der Waals surface area contributed by atoms with Crippen molar-refractivity contribution in [1.82, 2.24) is 20.1 Å². The second-order valence-electron chi connectivity index (χ2n) is 7.83. The molecule has 8 heteroatoms. The summed E-state index contributed by atoms with van der Waals surface area (Å²) in [6.07, 6.45) is 2.31. The highest BCUT2D eigenvalue weighted by atomic mass is 19.2. The van der Waals surface area contributed by atoms with E-state index in [1.807, 2.05) is 0 Å². The number of benzene rings is 1. The third-order valence-corrected chi connectivity index (χ3v) is 5.04. The lowest BCUT2D eigenvalue weighted by molar-refractivity contribution is 0.0946. The van der Waals surface area contributed by atoms with E-state index < -0.39 is 11.6 Å². The van der Waals surface area contributed by atoms with Gasteiger partial charge in [-0.25, -0.2) is 13.8 Å². The Bertz CT molecular complexity index is 817. The van der Waals surface area contributed by atoms with Gasteiger partial charge in [0.2, 0.25) is 5.89 Å². The zero-order valence-electron chi connectivity index (χ0n) is 17.0. The smallest absolute Gasteiger partial charge is 0.273 e. The van der Waals surface area contributed by atoms with E-state index in [4.69, 9.17) is 4.42 Å². The molecule has 1 aliphatic rings. The average molecular weight is 406 g/mol. The molecule has 1 fully saturated rings. The number of nitrogens with one attached hydrogen (secondary N) is 1. The van der Waals surface area contributed by atoms with Crippen LogP contribution in [-0.4, -0.2) is 53.4 Å². The minimum Gasteiger partial charge on any atom is -0.447 e. The lowest BCUT2D eigenvalue weighted by Crippen LogP contribution is -2.45. The third-order valence-electron chi connectivity index (χ3n) is 5.04. The highest BCUT2D eigenvalue weighted by molar-refractivity contribution is 5.91. The van der Waals surface area contributed by atoms with Gasteiger partial charge < -0.3 is 9.73 Å². The number of carbonyl (C=O) groups excluding carboxylic acids is 1. The van der Waals surface area contributed by atoms with Gasteiger partial charge in [0, 0.05) is 44.8 Å². The first kappa shape index (κ1) is 21.4. The molecule has 2 heterocycles. The number of hydrogen-bond acceptors (Lipinski definition) is 5. The number of piperazine rings is 1. The number of rotatable bonds is 8. The van der Waals surface area contributed by atoms with Crippen LogP contribution in [0.4, 0.5) is 8.78 Å². The van der Waals surface area contributed by atoms with E-state index in [1.165, 1.54) is 12.3 Å². The van der Waals surface area contributed by atoms with Crippen LogP contribution in [0.15, 0.2) is 28.9 Å². The van der Waals surface area contributed by atoms with Crippen molar-refractivity contribution in [2.45, 2.75) is 33.4 Å². The summed E-state index contributed by atoms with van der Waals surface area (Å²) in [5.41, 5.74) is 0.670. The van der Waals surface area contributed by atoms with Crippen LogP contribution in [0.3, 0.4) is 0 Å². The van der Waals surface area contributed by atoms with Gasteiger partial charge >= 0.3 is 0 Å². The lowest BCUT2D eigenvalue weighted by Gasteiger charge is -2.34. The monoisotopic (exact) mass is 406 g/mol. The molecule has 0 atom stereocenters. The van der Waals surface area contributed by atoms with Crippen molar-refractivity contribution in [1.29, 1.82) is 0 Å². The number of oxazole rings is 1. The molecule has 158 valence electrons. The summed E-state index contributed by atoms with van der Waals surface area (Å²) in [5, 5.41) is 2.85. The number of nitrogens with zero attached hydrogens (tertiary/aromatic N) is 3. The van der Waals surface area contributed by atoms with Crippen LogP contribution in [0, 0.1) is 17.6 Å². The average Bonchev–Trinajstić information content (AvgIpc) is 3.15. The Hall–Kier alpha value is -2.32. The van der Waals surface area contributed by atoms with Crippen LogP contribution in [0.1, 0.15) is 42.2 Å². The molecule has 29 heavy (non-hydrogen) atoms. The fourth-order valence-electron chi connectivity index (χ4n) is 3.26. The van der Waals surface area contributed by atoms with Crippen LogP contribution in [0.2, 0.25) is 0 Å². The number of amides is 1. The van der Waals surface area contributed by atoms with Gasteiger partial charge in [-0.1, -0.05) is 26.0 Å². The molecule has 3 rings (SSSR count). The van der Waals surface area contributed by atoms with Crippen molar-refractivity contribution >= 4 is 5.91 Å². The summed E-state index contributed by atoms with van der Waals surface area (Å²) in [4.78, 5) is 20.6. The lowest BCUT2D eigenvalue weighted by atomic mass is 10.1. The van der Waals surface area contributed by atoms with Crippen molar-refractivity contribution in [2.75, 3.05) is 32.7 Å². The number of halogens is 2. The number of carbonyl (C=O) groups is 1. The van der Waals surface area contributed by atoms with Gasteiger partial charge in [0.05, 0.1) is 6.54 Å². The van der Waals surface area contributed by atoms with Crippen LogP contribution in [0.25, 0.3) is 0 Å². The van der Waals surface area contributed by atoms with Crippen molar-refractivity contribution in [3.8, 4) is 0 Å². The second kappa shape index (κ2) is 9.93. The van der Waals surface area contributed by atoms with Crippen LogP contribution < -0.4 is 5.32 Å². The van der Waals surface area contributed by atoms with E-state index >= 15 is 0 Å². The van der Waals surface area contributed by atoms with Gasteiger partial charge in [-0.15, -0.1) is 0 Å². The van der Waals surface area contributed by atoms with Crippen molar-refractivity contribution < 1.29 is 18.0 Å². The summed E-state index contributed by atoms with van der Waals surface area (Å²) in [5.74, 6) is -0.770. The van der Waals surface area contributed by atoms with E-state index in [-0.39, 0.29) is 5.91 Å². The molecule has 1 aromatic heterocycles. The van der Waals surface area contributed by atoms with Gasteiger partial charge in [0.1, 0.15) is 6.26 Å². The van der Waals surface area contributed by atoms with Crippen molar-refractivity contribution in [3.05, 3.63) is 53.2 Å². The Morgan fingerprint density at radius 1 is 1.17 bits per heavy atom. The van der Waals surface area contributed by atoms with Crippen molar-refractivity contribution in [2.24, 2.45) is 5.92 Å². The molecule has 0 saturated carbocycles. The Morgan fingerprint density at radius 3 is 2.55 bits per heavy atom. The van der Waals surface area contributed by atoms with Crippen molar-refractivity contribution in [3.63, 3.8) is 0 Å². The van der Waals surface area contributed by atoms with Crippen LogP contribution in [0.5, 0.6) is 0 Å². The molecule has 1 saturated heterocycles. The molecule has 1 amide bonds. The minimum atomic E-state index is -0.811. The van der Waals surface area contributed by atoms with Gasteiger partial charge in [-0.2, -0.15) is 0 Å². The van der Waals surface area contributed by atoms with E-state index in [0.717, 1.165) is 38.7 Å². The fraction of sp³-hybridized carbons (Fsp3) is 0.524. The molecule has 0 spiro atoms. The molecule has 1 N–H and O–H groups in total. The predicted molar refractivity (Wildman–Crippen MR) is 105 cm³/mol. The molecule has 1 aromatic carbocycles. The molecular weight excluding hydrogens is 378 g/mol. The van der Waals surface area contributed by atoms with E-state index in [1.54, 1.807) is 6.07 Å². The Morgan fingerprint density at radius 2 is 1.86 bits per heavy atom. The Labute approximate surface area is 169 Å². The first-order valence-electron chi connectivity index (χ1n) is 10.0. The normalized spacial score (nSPS) is 15.8. The summed E-state index contributed by atoms with van der Waals surface area (Å²) < 4.78 is 32.6. The predicted octanol–water partition coefficient (Wildman–Crippen LogP) is 3.05.